The molecule has 0 aromatic carbocycles. The number of Topliss-reactive ketones (excluding diaryl/α,β-unsaturated/α-hetero) is 1. The summed E-state index contributed by atoms with van der Waals surface area (Å²) in [5.74, 6) is -1.32. The average molecular weight is 287 g/mol. The quantitative estimate of drug-likeness (QED) is 0.508. The summed E-state index contributed by atoms with van der Waals surface area (Å²) in [5.41, 5.74) is -0.355. The highest BCUT2D eigenvalue weighted by Gasteiger charge is 2.26. The van der Waals surface area contributed by atoms with Crippen molar-refractivity contribution in [3.8, 4) is 6.07 Å². The number of halogens is 4. The van der Waals surface area contributed by atoms with E-state index in [0.717, 1.165) is 6.08 Å². The summed E-state index contributed by atoms with van der Waals surface area (Å²) >= 11 is 20.3. The van der Waals surface area contributed by atoms with Crippen LogP contribution in [0.2, 0.25) is 0 Å². The molecule has 0 saturated carbocycles. The molecule has 0 unspecified atom stereocenters. The Labute approximate surface area is 106 Å². The van der Waals surface area contributed by atoms with E-state index >= 15 is 0 Å². The van der Waals surface area contributed by atoms with Gasteiger partial charge in [-0.2, -0.15) is 5.26 Å². The first-order chi connectivity index (χ1) is 6.99. The third-order valence-electron chi connectivity index (χ3n) is 1.25. The minimum Gasteiger partial charge on any atom is -0.288 e. The van der Waals surface area contributed by atoms with E-state index in [9.17, 15) is 9.59 Å². The van der Waals surface area contributed by atoms with Crippen molar-refractivity contribution < 1.29 is 9.59 Å². The lowest BCUT2D eigenvalue weighted by molar-refractivity contribution is -0.114. The summed E-state index contributed by atoms with van der Waals surface area (Å²) in [6.45, 7) is 0. The molecule has 1 rings (SSSR count). The molecule has 15 heavy (non-hydrogen) atoms. The maximum atomic E-state index is 10.9. The van der Waals surface area contributed by atoms with Gasteiger partial charge in [-0.15, -0.1) is 23.2 Å². The van der Waals surface area contributed by atoms with Crippen molar-refractivity contribution in [3.05, 3.63) is 21.7 Å². The van der Waals surface area contributed by atoms with Crippen LogP contribution in [-0.2, 0) is 9.59 Å². The van der Waals surface area contributed by atoms with Crippen molar-refractivity contribution in [2.75, 3.05) is 5.34 Å². The van der Waals surface area contributed by atoms with Crippen LogP contribution in [0.4, 0.5) is 0 Å². The topological polar surface area (TPSA) is 57.9 Å². The molecular weight excluding hydrogens is 284 g/mol. The second-order valence-corrected chi connectivity index (χ2v) is 3.68. The summed E-state index contributed by atoms with van der Waals surface area (Å²) in [6, 6.07) is 1.53. The molecule has 0 saturated heterocycles. The zero-order valence-electron chi connectivity index (χ0n) is 7.06. The van der Waals surface area contributed by atoms with Crippen molar-refractivity contribution in [1.29, 1.82) is 5.26 Å². The van der Waals surface area contributed by atoms with Crippen LogP contribution in [0.1, 0.15) is 0 Å². The Bertz CT molecular complexity index is 392. The maximum absolute atomic E-state index is 10.9. The number of nitriles is 1. The normalized spacial score (nSPS) is 15.3. The highest BCUT2D eigenvalue weighted by atomic mass is 35.5. The van der Waals surface area contributed by atoms with Gasteiger partial charge in [0.1, 0.15) is 16.7 Å². The first-order valence-corrected chi connectivity index (χ1v) is 5.20. The van der Waals surface area contributed by atoms with E-state index in [1.165, 1.54) is 6.07 Å². The van der Waals surface area contributed by atoms with E-state index in [2.05, 4.69) is 0 Å². The van der Waals surface area contributed by atoms with Crippen LogP contribution in [0, 0.1) is 11.3 Å². The number of hydrogen-bond acceptors (Lipinski definition) is 3. The molecule has 80 valence electrons. The first kappa shape index (κ1) is 14.5. The number of hydrogen-bond donors (Lipinski definition) is 0. The van der Waals surface area contributed by atoms with E-state index in [1.54, 1.807) is 0 Å². The molecule has 0 fully saturated rings. The number of allylic oxidation sites excluding steroid dienone is 4. The van der Waals surface area contributed by atoms with E-state index in [4.69, 9.17) is 51.7 Å². The number of rotatable bonds is 0. The number of alkyl halides is 2. The number of carbonyl (C=O) groups is 2. The van der Waals surface area contributed by atoms with E-state index < -0.39 is 16.6 Å². The Morgan fingerprint density at radius 1 is 1.27 bits per heavy atom. The Hall–Kier alpha value is -0.530. The van der Waals surface area contributed by atoms with E-state index in [1.807, 2.05) is 0 Å². The molecule has 0 spiro atoms. The third kappa shape index (κ3) is 3.84. The Morgan fingerprint density at radius 3 is 2.13 bits per heavy atom. The van der Waals surface area contributed by atoms with Crippen LogP contribution in [0.3, 0.4) is 0 Å². The van der Waals surface area contributed by atoms with Crippen LogP contribution in [0.15, 0.2) is 21.7 Å². The van der Waals surface area contributed by atoms with Crippen molar-refractivity contribution in [2.24, 2.45) is 0 Å². The molecule has 0 bridgehead atoms. The van der Waals surface area contributed by atoms with Crippen molar-refractivity contribution >= 4 is 58.0 Å². The molecule has 0 radical (unpaired) electrons. The highest BCUT2D eigenvalue weighted by molar-refractivity contribution is 6.58. The molecule has 0 aliphatic heterocycles. The minimum atomic E-state index is -0.686. The van der Waals surface area contributed by atoms with Crippen LogP contribution >= 0.6 is 46.4 Å². The van der Waals surface area contributed by atoms with Crippen molar-refractivity contribution in [1.82, 2.24) is 0 Å². The maximum Gasteiger partial charge on any atom is 0.217 e. The molecule has 7 heteroatoms. The number of ketones is 2. The summed E-state index contributed by atoms with van der Waals surface area (Å²) in [7, 11) is 0. The second kappa shape index (κ2) is 6.86. The average Bonchev–Trinajstić information content (AvgIpc) is 2.16. The van der Waals surface area contributed by atoms with Gasteiger partial charge in [-0.25, -0.2) is 0 Å². The van der Waals surface area contributed by atoms with Gasteiger partial charge in [0.25, 0.3) is 0 Å². The Balaban J connectivity index is 0.000000583. The molecule has 1 aliphatic carbocycles. The van der Waals surface area contributed by atoms with Gasteiger partial charge in [-0.3, -0.25) is 9.59 Å². The summed E-state index contributed by atoms with van der Waals surface area (Å²) in [5, 5.41) is 7.93. The van der Waals surface area contributed by atoms with E-state index in [-0.39, 0.29) is 15.9 Å². The molecule has 3 nitrogen and oxygen atoms in total. The summed E-state index contributed by atoms with van der Waals surface area (Å²) in [4.78, 5) is 21.9. The lowest BCUT2D eigenvalue weighted by atomic mass is 10.0. The molecular formula is C8H3Cl4NO2. The van der Waals surface area contributed by atoms with Crippen LogP contribution in [0.5, 0.6) is 0 Å². The van der Waals surface area contributed by atoms with Gasteiger partial charge in [0.05, 0.1) is 10.4 Å². The lowest BCUT2D eigenvalue weighted by Gasteiger charge is -2.04. The number of carbonyl (C=O) groups excluding carboxylic acids is 2. The fourth-order valence-electron chi connectivity index (χ4n) is 0.684. The predicted octanol–water partition coefficient (Wildman–Crippen LogP) is 2.70. The SMILES string of the molecule is ClCCl.N#CC1=C(Cl)C(=O)C(Cl)=CC1=O. The molecule has 0 heterocycles. The van der Waals surface area contributed by atoms with Gasteiger partial charge in [0.2, 0.25) is 5.78 Å². The highest BCUT2D eigenvalue weighted by Crippen LogP contribution is 2.23. The van der Waals surface area contributed by atoms with Crippen molar-refractivity contribution in [2.45, 2.75) is 0 Å². The smallest absolute Gasteiger partial charge is 0.217 e. The molecule has 0 N–H and O–H groups in total. The van der Waals surface area contributed by atoms with E-state index in [0.29, 0.717) is 0 Å². The van der Waals surface area contributed by atoms with Crippen LogP contribution < -0.4 is 0 Å². The summed E-state index contributed by atoms with van der Waals surface area (Å²) in [6.07, 6.45) is 0.883. The number of nitrogens with zero attached hydrogens (tertiary/aromatic N) is 1. The van der Waals surface area contributed by atoms with Gasteiger partial charge >= 0.3 is 0 Å². The standard InChI is InChI=1S/C7HCl2NO2.CH2Cl2/c8-4-1-5(11)3(2-10)6(9)7(4)12;2-1-3/h1H;1H2. The van der Waals surface area contributed by atoms with Gasteiger partial charge in [-0.1, -0.05) is 23.2 Å². The zero-order chi connectivity index (χ0) is 12.0. The lowest BCUT2D eigenvalue weighted by Crippen LogP contribution is -2.13. The predicted molar refractivity (Wildman–Crippen MR) is 59.0 cm³/mol. The van der Waals surface area contributed by atoms with Crippen molar-refractivity contribution in [3.63, 3.8) is 0 Å². The van der Waals surface area contributed by atoms with Gasteiger partial charge < -0.3 is 0 Å². The molecule has 0 atom stereocenters. The summed E-state index contributed by atoms with van der Waals surface area (Å²) < 4.78 is 0. The van der Waals surface area contributed by atoms with Crippen LogP contribution in [0.25, 0.3) is 0 Å². The Kier molecular flexibility index (Phi) is 6.62. The van der Waals surface area contributed by atoms with Gasteiger partial charge in [-0.05, 0) is 0 Å². The second-order valence-electron chi connectivity index (χ2n) is 2.09. The fraction of sp³-hybridized carbons (Fsp3) is 0.125. The largest absolute Gasteiger partial charge is 0.288 e. The van der Waals surface area contributed by atoms with Crippen LogP contribution in [-0.4, -0.2) is 16.9 Å². The zero-order valence-corrected chi connectivity index (χ0v) is 10.1. The molecule has 0 aromatic rings. The van der Waals surface area contributed by atoms with Gasteiger partial charge in [0.15, 0.2) is 5.78 Å². The first-order valence-electron chi connectivity index (χ1n) is 3.37. The minimum absolute atomic E-state index is 0.194. The third-order valence-corrected chi connectivity index (χ3v) is 1.89. The molecule has 0 aromatic heterocycles. The monoisotopic (exact) mass is 285 g/mol. The molecule has 0 amide bonds. The fourth-order valence-corrected chi connectivity index (χ4v) is 1.16. The van der Waals surface area contributed by atoms with Gasteiger partial charge in [0, 0.05) is 6.08 Å². The Morgan fingerprint density at radius 2 is 1.73 bits per heavy atom. The molecule has 1 aliphatic rings.